The summed E-state index contributed by atoms with van der Waals surface area (Å²) in [6.07, 6.45) is 0. The van der Waals surface area contributed by atoms with Crippen LogP contribution in [0.2, 0.25) is 0 Å². The normalized spacial score (nSPS) is 15.7. The topological polar surface area (TPSA) is 94.2 Å². The van der Waals surface area contributed by atoms with Crippen LogP contribution in [0.5, 0.6) is 5.75 Å². The molecule has 36 heavy (non-hydrogen) atoms. The zero-order chi connectivity index (χ0) is 25.4. The first-order chi connectivity index (χ1) is 17.4. The van der Waals surface area contributed by atoms with Crippen molar-refractivity contribution in [1.82, 2.24) is 0 Å². The van der Waals surface area contributed by atoms with Gasteiger partial charge in [0, 0.05) is 29.9 Å². The Morgan fingerprint density at radius 1 is 0.944 bits per heavy atom. The molecule has 1 aromatic heterocycles. The molecule has 0 spiro atoms. The number of ketones is 1. The van der Waals surface area contributed by atoms with Crippen molar-refractivity contribution in [3.8, 4) is 5.75 Å². The van der Waals surface area contributed by atoms with Crippen LogP contribution in [0.4, 0.5) is 11.4 Å². The first kappa shape index (κ1) is 23.2. The largest absolute Gasteiger partial charge is 0.508 e. The van der Waals surface area contributed by atoms with Crippen molar-refractivity contribution in [2.75, 3.05) is 22.9 Å². The fourth-order valence-electron chi connectivity index (χ4n) is 4.71. The molecule has 0 bridgehead atoms. The lowest BCUT2D eigenvalue weighted by molar-refractivity contribution is -0.117. The number of nitrogens with zero attached hydrogens (tertiary/aromatic N) is 2. The van der Waals surface area contributed by atoms with E-state index in [2.05, 4.69) is 18.7 Å². The number of benzene rings is 3. The van der Waals surface area contributed by atoms with Crippen LogP contribution in [-0.4, -0.2) is 35.0 Å². The van der Waals surface area contributed by atoms with Crippen molar-refractivity contribution in [2.24, 2.45) is 0 Å². The number of aliphatic hydroxyl groups is 1. The lowest BCUT2D eigenvalue weighted by atomic mass is 9.94. The van der Waals surface area contributed by atoms with Gasteiger partial charge in [-0.3, -0.25) is 14.5 Å². The third-order valence-corrected chi connectivity index (χ3v) is 6.57. The Kier molecular flexibility index (Phi) is 5.98. The molecule has 1 aliphatic rings. The van der Waals surface area contributed by atoms with E-state index < -0.39 is 23.5 Å². The third kappa shape index (κ3) is 3.88. The molecule has 2 N–H and O–H groups in total. The maximum Gasteiger partial charge on any atom is 0.294 e. The predicted octanol–water partition coefficient (Wildman–Crippen LogP) is 5.77. The second kappa shape index (κ2) is 9.26. The van der Waals surface area contributed by atoms with Crippen LogP contribution in [0, 0.1) is 0 Å². The molecule has 2 heterocycles. The maximum absolute atomic E-state index is 13.7. The quantitative estimate of drug-likeness (QED) is 0.325. The Morgan fingerprint density at radius 2 is 1.61 bits per heavy atom. The minimum absolute atomic E-state index is 0.0352. The number of carbonyl (C=O) groups is 2. The predicted molar refractivity (Wildman–Crippen MR) is 139 cm³/mol. The average molecular weight is 483 g/mol. The van der Waals surface area contributed by atoms with E-state index in [0.717, 1.165) is 24.2 Å². The maximum atomic E-state index is 13.7. The van der Waals surface area contributed by atoms with Gasteiger partial charge in [0.25, 0.3) is 5.91 Å². The van der Waals surface area contributed by atoms with Crippen molar-refractivity contribution in [2.45, 2.75) is 19.9 Å². The number of aliphatic hydroxyl groups excluding tert-OH is 1. The number of fused-ring (bicyclic) bond motifs is 1. The lowest BCUT2D eigenvalue weighted by Crippen LogP contribution is -2.31. The number of phenols is 1. The summed E-state index contributed by atoms with van der Waals surface area (Å²) in [5.41, 5.74) is 2.57. The van der Waals surface area contributed by atoms with E-state index in [1.54, 1.807) is 42.5 Å². The van der Waals surface area contributed by atoms with Gasteiger partial charge in [-0.25, -0.2) is 0 Å². The molecule has 7 heteroatoms. The van der Waals surface area contributed by atoms with Gasteiger partial charge < -0.3 is 19.5 Å². The summed E-state index contributed by atoms with van der Waals surface area (Å²) in [6.45, 7) is 5.82. The second-order valence-corrected chi connectivity index (χ2v) is 8.60. The van der Waals surface area contributed by atoms with Gasteiger partial charge >= 0.3 is 0 Å². The summed E-state index contributed by atoms with van der Waals surface area (Å²) in [6, 6.07) is 21.6. The van der Waals surface area contributed by atoms with Gasteiger partial charge in [-0.1, -0.05) is 30.3 Å². The van der Waals surface area contributed by atoms with E-state index in [4.69, 9.17) is 4.42 Å². The van der Waals surface area contributed by atoms with Crippen molar-refractivity contribution < 1.29 is 24.2 Å². The standard InChI is InChI=1S/C29H26N2O5/c1-3-30(4-2)20-11-13-21(14-12-20)31-26(18-9-15-22(32)16-10-18)25(28(34)29(31)35)27(33)24-17-19-7-5-6-8-23(19)36-24/h5-17,26,32,34H,3-4H2,1-2H3. The Hall–Kier alpha value is -4.52. The molecule has 1 unspecified atom stereocenters. The second-order valence-electron chi connectivity index (χ2n) is 8.60. The van der Waals surface area contributed by atoms with Gasteiger partial charge in [0.2, 0.25) is 5.78 Å². The van der Waals surface area contributed by atoms with Crippen LogP contribution in [0.3, 0.4) is 0 Å². The fraction of sp³-hybridized carbons (Fsp3) is 0.172. The average Bonchev–Trinajstić information content (AvgIpc) is 3.44. The van der Waals surface area contributed by atoms with Crippen LogP contribution in [0.25, 0.3) is 11.0 Å². The lowest BCUT2D eigenvalue weighted by Gasteiger charge is -2.28. The highest BCUT2D eigenvalue weighted by Gasteiger charge is 2.45. The number of hydrogen-bond acceptors (Lipinski definition) is 6. The number of amides is 1. The first-order valence-corrected chi connectivity index (χ1v) is 11.9. The van der Waals surface area contributed by atoms with E-state index >= 15 is 0 Å². The highest BCUT2D eigenvalue weighted by molar-refractivity contribution is 6.20. The smallest absolute Gasteiger partial charge is 0.294 e. The minimum atomic E-state index is -0.905. The summed E-state index contributed by atoms with van der Waals surface area (Å²) >= 11 is 0. The Balaban J connectivity index is 1.60. The fourth-order valence-corrected chi connectivity index (χ4v) is 4.71. The van der Waals surface area contributed by atoms with E-state index in [1.165, 1.54) is 17.0 Å². The summed E-state index contributed by atoms with van der Waals surface area (Å²) in [4.78, 5) is 30.6. The first-order valence-electron chi connectivity index (χ1n) is 11.9. The third-order valence-electron chi connectivity index (χ3n) is 6.57. The van der Waals surface area contributed by atoms with Crippen LogP contribution < -0.4 is 9.80 Å². The summed E-state index contributed by atoms with van der Waals surface area (Å²) in [5, 5.41) is 21.5. The number of para-hydroxylation sites is 1. The molecule has 3 aromatic carbocycles. The van der Waals surface area contributed by atoms with Crippen molar-refractivity contribution in [3.05, 3.63) is 102 Å². The number of rotatable bonds is 7. The van der Waals surface area contributed by atoms with Gasteiger partial charge in [0.1, 0.15) is 11.3 Å². The Labute approximate surface area is 208 Å². The van der Waals surface area contributed by atoms with Crippen LogP contribution in [0.1, 0.15) is 36.0 Å². The monoisotopic (exact) mass is 482 g/mol. The highest BCUT2D eigenvalue weighted by Crippen LogP contribution is 2.43. The molecular formula is C29H26N2O5. The van der Waals surface area contributed by atoms with E-state index in [0.29, 0.717) is 16.8 Å². The van der Waals surface area contributed by atoms with Crippen molar-refractivity contribution >= 4 is 34.0 Å². The molecule has 182 valence electrons. The zero-order valence-electron chi connectivity index (χ0n) is 20.0. The van der Waals surface area contributed by atoms with E-state index in [1.807, 2.05) is 24.3 Å². The van der Waals surface area contributed by atoms with E-state index in [-0.39, 0.29) is 17.1 Å². The van der Waals surface area contributed by atoms with Crippen LogP contribution in [0.15, 0.2) is 94.6 Å². The number of phenolic OH excluding ortho intramolecular Hbond substituents is 1. The van der Waals surface area contributed by atoms with Gasteiger partial charge in [0.15, 0.2) is 11.5 Å². The Morgan fingerprint density at radius 3 is 2.25 bits per heavy atom. The number of Topliss-reactive ketones (excluding diaryl/α,β-unsaturated/α-hetero) is 1. The van der Waals surface area contributed by atoms with Gasteiger partial charge in [-0.2, -0.15) is 0 Å². The molecular weight excluding hydrogens is 456 g/mol. The van der Waals surface area contributed by atoms with Gasteiger partial charge in [-0.05, 0) is 67.9 Å². The van der Waals surface area contributed by atoms with Crippen LogP contribution >= 0.6 is 0 Å². The molecule has 1 aliphatic heterocycles. The number of carbonyl (C=O) groups excluding carboxylic acids is 2. The SMILES string of the molecule is CCN(CC)c1ccc(N2C(=O)C(O)=C(C(=O)c3cc4ccccc4o3)C2c2ccc(O)cc2)cc1. The zero-order valence-corrected chi connectivity index (χ0v) is 20.0. The van der Waals surface area contributed by atoms with Crippen molar-refractivity contribution in [3.63, 3.8) is 0 Å². The molecule has 0 saturated heterocycles. The molecule has 7 nitrogen and oxygen atoms in total. The summed E-state index contributed by atoms with van der Waals surface area (Å²) in [7, 11) is 0. The molecule has 5 rings (SSSR count). The minimum Gasteiger partial charge on any atom is -0.508 e. The molecule has 1 amide bonds. The molecule has 0 fully saturated rings. The van der Waals surface area contributed by atoms with E-state index in [9.17, 15) is 19.8 Å². The number of hydrogen-bond donors (Lipinski definition) is 2. The molecule has 0 saturated carbocycles. The van der Waals surface area contributed by atoms with Crippen LogP contribution in [-0.2, 0) is 4.79 Å². The summed E-state index contributed by atoms with van der Waals surface area (Å²) in [5.74, 6) is -1.78. The number of anilines is 2. The highest BCUT2D eigenvalue weighted by atomic mass is 16.3. The molecule has 0 radical (unpaired) electrons. The van der Waals surface area contributed by atoms with Gasteiger partial charge in [0.05, 0.1) is 11.6 Å². The number of furan rings is 1. The number of aromatic hydroxyl groups is 1. The molecule has 1 atom stereocenters. The Bertz CT molecular complexity index is 1430. The van der Waals surface area contributed by atoms with Gasteiger partial charge in [-0.15, -0.1) is 0 Å². The summed E-state index contributed by atoms with van der Waals surface area (Å²) < 4.78 is 5.77. The molecule has 0 aliphatic carbocycles. The van der Waals surface area contributed by atoms with Crippen molar-refractivity contribution in [1.29, 1.82) is 0 Å². The molecule has 4 aromatic rings.